The summed E-state index contributed by atoms with van der Waals surface area (Å²) >= 11 is 11.8. The van der Waals surface area contributed by atoms with Gasteiger partial charge in [-0.25, -0.2) is 4.98 Å². The summed E-state index contributed by atoms with van der Waals surface area (Å²) in [5, 5.41) is 6.80. The van der Waals surface area contributed by atoms with E-state index in [0.717, 1.165) is 18.8 Å². The van der Waals surface area contributed by atoms with Crippen molar-refractivity contribution < 1.29 is 4.79 Å². The second-order valence-corrected chi connectivity index (χ2v) is 5.96. The fourth-order valence-corrected chi connectivity index (χ4v) is 2.30. The van der Waals surface area contributed by atoms with Gasteiger partial charge in [0.1, 0.15) is 5.82 Å². The minimum absolute atomic E-state index is 0.256. The molecule has 4 nitrogen and oxygen atoms in total. The number of aromatic nitrogens is 1. The average Bonchev–Trinajstić information content (AvgIpc) is 2.55. The van der Waals surface area contributed by atoms with Gasteiger partial charge in [0.05, 0.1) is 21.9 Å². The van der Waals surface area contributed by atoms with Crippen LogP contribution in [0.15, 0.2) is 36.5 Å². The predicted octanol–water partition coefficient (Wildman–Crippen LogP) is 5.24. The highest BCUT2D eigenvalue weighted by atomic mass is 35.5. The van der Waals surface area contributed by atoms with Gasteiger partial charge in [-0.2, -0.15) is 0 Å². The highest BCUT2D eigenvalue weighted by Crippen LogP contribution is 2.23. The van der Waals surface area contributed by atoms with Crippen LogP contribution in [0.2, 0.25) is 10.0 Å². The summed E-state index contributed by atoms with van der Waals surface area (Å²) in [7, 11) is 0. The number of anilines is 2. The molecule has 0 fully saturated rings. The van der Waals surface area contributed by atoms with Crippen LogP contribution in [0.5, 0.6) is 0 Å². The van der Waals surface area contributed by atoms with Crippen LogP contribution in [0.3, 0.4) is 0 Å². The fourth-order valence-electron chi connectivity index (χ4n) is 2.00. The van der Waals surface area contributed by atoms with Gasteiger partial charge in [0.2, 0.25) is 0 Å². The Morgan fingerprint density at radius 3 is 2.61 bits per heavy atom. The van der Waals surface area contributed by atoms with E-state index in [4.69, 9.17) is 23.2 Å². The molecule has 6 heteroatoms. The van der Waals surface area contributed by atoms with E-state index in [1.54, 1.807) is 18.3 Å². The molecule has 0 saturated heterocycles. The zero-order valence-corrected chi connectivity index (χ0v) is 14.4. The van der Waals surface area contributed by atoms with E-state index in [9.17, 15) is 4.79 Å². The van der Waals surface area contributed by atoms with Crippen molar-refractivity contribution in [3.63, 3.8) is 0 Å². The molecule has 0 spiro atoms. The van der Waals surface area contributed by atoms with E-state index in [1.807, 2.05) is 12.1 Å². The van der Waals surface area contributed by atoms with E-state index in [-0.39, 0.29) is 5.91 Å². The summed E-state index contributed by atoms with van der Waals surface area (Å²) in [6, 6.07) is 8.41. The average molecular weight is 352 g/mol. The summed E-state index contributed by atoms with van der Waals surface area (Å²) in [6.07, 6.45) is 5.13. The number of benzene rings is 1. The Labute approximate surface area is 146 Å². The third-order valence-electron chi connectivity index (χ3n) is 3.29. The largest absolute Gasteiger partial charge is 0.370 e. The fraction of sp³-hybridized carbons (Fsp3) is 0.294. The monoisotopic (exact) mass is 351 g/mol. The summed E-state index contributed by atoms with van der Waals surface area (Å²) in [5.74, 6) is 0.544. The van der Waals surface area contributed by atoms with Crippen LogP contribution in [-0.2, 0) is 0 Å². The Morgan fingerprint density at radius 2 is 1.96 bits per heavy atom. The number of unbranched alkanes of at least 4 members (excludes halogenated alkanes) is 2. The van der Waals surface area contributed by atoms with Crippen molar-refractivity contribution in [3.05, 3.63) is 52.1 Å². The first-order valence-electron chi connectivity index (χ1n) is 7.56. The molecule has 122 valence electrons. The van der Waals surface area contributed by atoms with Gasteiger partial charge < -0.3 is 10.6 Å². The number of halogens is 2. The molecular formula is C17H19Cl2N3O. The van der Waals surface area contributed by atoms with Gasteiger partial charge in [-0.3, -0.25) is 4.79 Å². The second kappa shape index (κ2) is 8.75. The molecule has 0 bridgehead atoms. The number of pyridine rings is 1. The maximum Gasteiger partial charge on any atom is 0.255 e. The third-order valence-corrected chi connectivity index (χ3v) is 4.03. The van der Waals surface area contributed by atoms with Gasteiger partial charge >= 0.3 is 0 Å². The molecule has 1 aromatic carbocycles. The summed E-state index contributed by atoms with van der Waals surface area (Å²) in [6.45, 7) is 3.07. The lowest BCUT2D eigenvalue weighted by atomic mass is 10.2. The zero-order chi connectivity index (χ0) is 16.7. The summed E-state index contributed by atoms with van der Waals surface area (Å²) < 4.78 is 0. The number of carbonyl (C=O) groups excluding carboxylic acids is 1. The predicted molar refractivity (Wildman–Crippen MR) is 96.7 cm³/mol. The number of nitrogens with zero attached hydrogens (tertiary/aromatic N) is 1. The molecule has 2 rings (SSSR count). The molecule has 0 aliphatic carbocycles. The zero-order valence-electron chi connectivity index (χ0n) is 12.9. The lowest BCUT2D eigenvalue weighted by Crippen LogP contribution is -2.12. The third kappa shape index (κ3) is 5.41. The van der Waals surface area contributed by atoms with Gasteiger partial charge in [-0.15, -0.1) is 0 Å². The van der Waals surface area contributed by atoms with E-state index in [0.29, 0.717) is 21.3 Å². The van der Waals surface area contributed by atoms with E-state index in [2.05, 4.69) is 22.5 Å². The molecule has 0 atom stereocenters. The molecule has 2 aromatic rings. The van der Waals surface area contributed by atoms with E-state index in [1.165, 1.54) is 18.9 Å². The molecule has 2 N–H and O–H groups in total. The van der Waals surface area contributed by atoms with Crippen molar-refractivity contribution in [1.82, 2.24) is 4.98 Å². The van der Waals surface area contributed by atoms with Crippen molar-refractivity contribution in [2.24, 2.45) is 0 Å². The smallest absolute Gasteiger partial charge is 0.255 e. The van der Waals surface area contributed by atoms with Crippen LogP contribution >= 0.6 is 23.2 Å². The Balaban J connectivity index is 1.92. The standard InChI is InChI=1S/C17H19Cl2N3O/c1-2-3-4-9-20-16-8-6-13(11-21-16)22-17(23)12-5-7-14(18)15(19)10-12/h5-8,10-11H,2-4,9H2,1H3,(H,20,21)(H,22,23). The Hall–Kier alpha value is -1.78. The molecule has 0 unspecified atom stereocenters. The SMILES string of the molecule is CCCCCNc1ccc(NC(=O)c2ccc(Cl)c(Cl)c2)cn1. The topological polar surface area (TPSA) is 54.0 Å². The van der Waals surface area contributed by atoms with Crippen molar-refractivity contribution in [1.29, 1.82) is 0 Å². The first-order valence-corrected chi connectivity index (χ1v) is 8.32. The number of hydrogen-bond acceptors (Lipinski definition) is 3. The molecule has 0 aliphatic heterocycles. The minimum Gasteiger partial charge on any atom is -0.370 e. The number of carbonyl (C=O) groups is 1. The van der Waals surface area contributed by atoms with Crippen LogP contribution in [0.4, 0.5) is 11.5 Å². The van der Waals surface area contributed by atoms with Crippen LogP contribution in [0.1, 0.15) is 36.5 Å². The lowest BCUT2D eigenvalue weighted by Gasteiger charge is -2.08. The van der Waals surface area contributed by atoms with Crippen LogP contribution in [0, 0.1) is 0 Å². The molecule has 0 aliphatic rings. The van der Waals surface area contributed by atoms with Gasteiger partial charge in [0, 0.05) is 12.1 Å². The second-order valence-electron chi connectivity index (χ2n) is 5.15. The van der Waals surface area contributed by atoms with Gasteiger partial charge in [-0.05, 0) is 36.8 Å². The highest BCUT2D eigenvalue weighted by molar-refractivity contribution is 6.42. The van der Waals surface area contributed by atoms with Crippen molar-refractivity contribution in [2.45, 2.75) is 26.2 Å². The van der Waals surface area contributed by atoms with Crippen molar-refractivity contribution in [2.75, 3.05) is 17.2 Å². The molecular weight excluding hydrogens is 333 g/mol. The molecule has 1 heterocycles. The number of hydrogen-bond donors (Lipinski definition) is 2. The normalized spacial score (nSPS) is 10.4. The van der Waals surface area contributed by atoms with E-state index < -0.39 is 0 Å². The molecule has 1 aromatic heterocycles. The molecule has 23 heavy (non-hydrogen) atoms. The molecule has 0 radical (unpaired) electrons. The van der Waals surface area contributed by atoms with Crippen LogP contribution < -0.4 is 10.6 Å². The Kier molecular flexibility index (Phi) is 6.68. The van der Waals surface area contributed by atoms with Gasteiger partial charge in [-0.1, -0.05) is 43.0 Å². The maximum atomic E-state index is 12.2. The quantitative estimate of drug-likeness (QED) is 0.670. The first-order chi connectivity index (χ1) is 11.1. The van der Waals surface area contributed by atoms with Crippen molar-refractivity contribution in [3.8, 4) is 0 Å². The first kappa shape index (κ1) is 17.6. The van der Waals surface area contributed by atoms with E-state index >= 15 is 0 Å². The summed E-state index contributed by atoms with van der Waals surface area (Å²) in [4.78, 5) is 16.4. The Bertz CT molecular complexity index is 659. The van der Waals surface area contributed by atoms with Crippen LogP contribution in [-0.4, -0.2) is 17.4 Å². The molecule has 0 saturated carbocycles. The summed E-state index contributed by atoms with van der Waals surface area (Å²) in [5.41, 5.74) is 1.07. The lowest BCUT2D eigenvalue weighted by molar-refractivity contribution is 0.102. The van der Waals surface area contributed by atoms with Crippen molar-refractivity contribution >= 4 is 40.6 Å². The van der Waals surface area contributed by atoms with Gasteiger partial charge in [0.15, 0.2) is 0 Å². The number of rotatable bonds is 7. The number of nitrogens with one attached hydrogen (secondary N) is 2. The minimum atomic E-state index is -0.256. The van der Waals surface area contributed by atoms with Gasteiger partial charge in [0.25, 0.3) is 5.91 Å². The highest BCUT2D eigenvalue weighted by Gasteiger charge is 2.08. The number of amides is 1. The Morgan fingerprint density at radius 1 is 1.13 bits per heavy atom. The molecule has 1 amide bonds. The van der Waals surface area contributed by atoms with Crippen LogP contribution in [0.25, 0.3) is 0 Å². The maximum absolute atomic E-state index is 12.2.